The van der Waals surface area contributed by atoms with Gasteiger partial charge in [-0.25, -0.2) is 0 Å². The van der Waals surface area contributed by atoms with Gasteiger partial charge in [0.15, 0.2) is 6.54 Å². The Labute approximate surface area is 156 Å². The van der Waals surface area contributed by atoms with E-state index in [2.05, 4.69) is 38.3 Å². The molecule has 3 rings (SSSR count). The van der Waals surface area contributed by atoms with Gasteiger partial charge in [0.05, 0.1) is 33.3 Å². The zero-order valence-corrected chi connectivity index (χ0v) is 15.9. The highest BCUT2D eigenvalue weighted by molar-refractivity contribution is 9.10. The maximum absolute atomic E-state index is 12.2. The second-order valence-corrected chi connectivity index (χ2v) is 7.09. The molecule has 1 aliphatic rings. The third-order valence-corrected chi connectivity index (χ3v) is 4.96. The summed E-state index contributed by atoms with van der Waals surface area (Å²) in [5, 5.41) is 2.96. The molecule has 6 heteroatoms. The van der Waals surface area contributed by atoms with Crippen molar-refractivity contribution in [2.24, 2.45) is 0 Å². The van der Waals surface area contributed by atoms with Crippen molar-refractivity contribution in [3.05, 3.63) is 53.0 Å². The van der Waals surface area contributed by atoms with E-state index in [1.165, 1.54) is 10.6 Å². The SMILES string of the molecule is COc1cccc(N2CC[NH+](CC(=O)Nc3ccc(Br)cc3)CC2)c1. The number of hydrogen-bond donors (Lipinski definition) is 2. The van der Waals surface area contributed by atoms with E-state index >= 15 is 0 Å². The van der Waals surface area contributed by atoms with Gasteiger partial charge < -0.3 is 19.9 Å². The molecule has 1 fully saturated rings. The normalized spacial score (nSPS) is 15.0. The minimum absolute atomic E-state index is 0.0622. The Kier molecular flexibility index (Phi) is 5.94. The fourth-order valence-corrected chi connectivity index (χ4v) is 3.29. The number of halogens is 1. The predicted octanol–water partition coefficient (Wildman–Crippen LogP) is 1.80. The first kappa shape index (κ1) is 17.8. The van der Waals surface area contributed by atoms with Crippen LogP contribution in [0.1, 0.15) is 0 Å². The first-order valence-electron chi connectivity index (χ1n) is 8.42. The molecule has 0 saturated carbocycles. The molecule has 1 amide bonds. The van der Waals surface area contributed by atoms with E-state index in [9.17, 15) is 4.79 Å². The van der Waals surface area contributed by atoms with E-state index in [0.29, 0.717) is 6.54 Å². The maximum Gasteiger partial charge on any atom is 0.279 e. The third kappa shape index (κ3) is 4.96. The number of carbonyl (C=O) groups is 1. The number of ether oxygens (including phenoxy) is 1. The molecule has 2 aromatic rings. The first-order chi connectivity index (χ1) is 12.1. The average Bonchev–Trinajstić information content (AvgIpc) is 2.64. The number of nitrogens with one attached hydrogen (secondary N) is 2. The molecular weight excluding hydrogens is 382 g/mol. The van der Waals surface area contributed by atoms with Gasteiger partial charge in [0, 0.05) is 21.9 Å². The largest absolute Gasteiger partial charge is 0.497 e. The van der Waals surface area contributed by atoms with Crippen LogP contribution < -0.4 is 19.9 Å². The van der Waals surface area contributed by atoms with E-state index in [4.69, 9.17) is 4.74 Å². The van der Waals surface area contributed by atoms with Gasteiger partial charge in [-0.3, -0.25) is 4.79 Å². The van der Waals surface area contributed by atoms with E-state index in [-0.39, 0.29) is 5.91 Å². The summed E-state index contributed by atoms with van der Waals surface area (Å²) in [5.74, 6) is 0.938. The Morgan fingerprint density at radius 3 is 2.60 bits per heavy atom. The van der Waals surface area contributed by atoms with Crippen molar-refractivity contribution >= 4 is 33.2 Å². The number of carbonyl (C=O) groups excluding carboxylic acids is 1. The van der Waals surface area contributed by atoms with Crippen LogP contribution in [0.25, 0.3) is 0 Å². The number of quaternary nitrogens is 1. The molecule has 0 radical (unpaired) electrons. The van der Waals surface area contributed by atoms with Gasteiger partial charge in [-0.2, -0.15) is 0 Å². The second kappa shape index (κ2) is 8.36. The van der Waals surface area contributed by atoms with Gasteiger partial charge in [0.1, 0.15) is 5.75 Å². The molecule has 0 unspecified atom stereocenters. The number of nitrogens with zero attached hydrogens (tertiary/aromatic N) is 1. The molecule has 1 heterocycles. The van der Waals surface area contributed by atoms with Crippen LogP contribution in [-0.4, -0.2) is 45.7 Å². The van der Waals surface area contributed by atoms with Crippen LogP contribution >= 0.6 is 15.9 Å². The minimum Gasteiger partial charge on any atom is -0.497 e. The van der Waals surface area contributed by atoms with E-state index in [1.54, 1.807) is 7.11 Å². The van der Waals surface area contributed by atoms with Crippen LogP contribution in [0.5, 0.6) is 5.75 Å². The van der Waals surface area contributed by atoms with Crippen LogP contribution in [0, 0.1) is 0 Å². The Morgan fingerprint density at radius 2 is 1.92 bits per heavy atom. The van der Waals surface area contributed by atoms with Crippen molar-refractivity contribution in [2.75, 3.05) is 50.1 Å². The molecule has 5 nitrogen and oxygen atoms in total. The van der Waals surface area contributed by atoms with Crippen molar-refractivity contribution in [3.8, 4) is 5.75 Å². The fourth-order valence-electron chi connectivity index (χ4n) is 3.03. The summed E-state index contributed by atoms with van der Waals surface area (Å²) in [6, 6.07) is 15.8. The van der Waals surface area contributed by atoms with E-state index < -0.39 is 0 Å². The lowest BCUT2D eigenvalue weighted by atomic mass is 10.2. The molecule has 0 aliphatic carbocycles. The first-order valence-corrected chi connectivity index (χ1v) is 9.21. The van der Waals surface area contributed by atoms with Gasteiger partial charge in [0.2, 0.25) is 0 Å². The summed E-state index contributed by atoms with van der Waals surface area (Å²) in [7, 11) is 1.69. The zero-order valence-electron chi connectivity index (χ0n) is 14.3. The Bertz CT molecular complexity index is 713. The average molecular weight is 405 g/mol. The van der Waals surface area contributed by atoms with Crippen molar-refractivity contribution in [1.82, 2.24) is 0 Å². The molecule has 0 bridgehead atoms. The Balaban J connectivity index is 1.48. The molecule has 0 aromatic heterocycles. The minimum atomic E-state index is 0.0622. The van der Waals surface area contributed by atoms with Crippen molar-refractivity contribution < 1.29 is 14.4 Å². The summed E-state index contributed by atoms with van der Waals surface area (Å²) in [5.41, 5.74) is 2.01. The second-order valence-electron chi connectivity index (χ2n) is 6.17. The zero-order chi connectivity index (χ0) is 17.6. The summed E-state index contributed by atoms with van der Waals surface area (Å²) >= 11 is 3.40. The van der Waals surface area contributed by atoms with Crippen molar-refractivity contribution in [2.45, 2.75) is 0 Å². The lowest BCUT2D eigenvalue weighted by Crippen LogP contribution is -3.15. The molecule has 0 spiro atoms. The van der Waals surface area contributed by atoms with E-state index in [0.717, 1.165) is 42.1 Å². The van der Waals surface area contributed by atoms with Crippen LogP contribution in [0.4, 0.5) is 11.4 Å². The quantitative estimate of drug-likeness (QED) is 0.798. The number of methoxy groups -OCH3 is 1. The lowest BCUT2D eigenvalue weighted by molar-refractivity contribution is -0.892. The highest BCUT2D eigenvalue weighted by atomic mass is 79.9. The lowest BCUT2D eigenvalue weighted by Gasteiger charge is -2.33. The molecule has 25 heavy (non-hydrogen) atoms. The highest BCUT2D eigenvalue weighted by Crippen LogP contribution is 2.20. The maximum atomic E-state index is 12.2. The number of amides is 1. The number of hydrogen-bond acceptors (Lipinski definition) is 3. The van der Waals surface area contributed by atoms with Crippen LogP contribution in [0.2, 0.25) is 0 Å². The van der Waals surface area contributed by atoms with Gasteiger partial charge >= 0.3 is 0 Å². The van der Waals surface area contributed by atoms with Crippen LogP contribution in [0.3, 0.4) is 0 Å². The summed E-state index contributed by atoms with van der Waals surface area (Å²) in [6.07, 6.45) is 0. The molecule has 2 aromatic carbocycles. The predicted molar refractivity (Wildman–Crippen MR) is 104 cm³/mol. The van der Waals surface area contributed by atoms with Gasteiger partial charge in [-0.05, 0) is 36.4 Å². The fraction of sp³-hybridized carbons (Fsp3) is 0.316. The van der Waals surface area contributed by atoms with Gasteiger partial charge in [0.25, 0.3) is 5.91 Å². The van der Waals surface area contributed by atoms with Crippen LogP contribution in [-0.2, 0) is 4.79 Å². The Morgan fingerprint density at radius 1 is 1.20 bits per heavy atom. The van der Waals surface area contributed by atoms with E-state index in [1.807, 2.05) is 36.4 Å². The monoisotopic (exact) mass is 404 g/mol. The molecule has 1 aliphatic heterocycles. The molecular formula is C19H23BrN3O2+. The summed E-state index contributed by atoms with van der Waals surface area (Å²) < 4.78 is 6.30. The number of anilines is 2. The molecule has 0 atom stereocenters. The van der Waals surface area contributed by atoms with Crippen LogP contribution in [0.15, 0.2) is 53.0 Å². The molecule has 1 saturated heterocycles. The standard InChI is InChI=1S/C19H22BrN3O2/c1-25-18-4-2-3-17(13-18)23-11-9-22(10-12-23)14-19(24)21-16-7-5-15(20)6-8-16/h2-8,13H,9-12,14H2,1H3,(H,21,24)/p+1. The highest BCUT2D eigenvalue weighted by Gasteiger charge is 2.22. The summed E-state index contributed by atoms with van der Waals surface area (Å²) in [6.45, 7) is 4.28. The van der Waals surface area contributed by atoms with Crippen molar-refractivity contribution in [1.29, 1.82) is 0 Å². The van der Waals surface area contributed by atoms with Gasteiger partial charge in [-0.1, -0.05) is 22.0 Å². The Hall–Kier alpha value is -2.05. The van der Waals surface area contributed by atoms with Gasteiger partial charge in [-0.15, -0.1) is 0 Å². The number of benzene rings is 2. The number of piperazine rings is 1. The third-order valence-electron chi connectivity index (χ3n) is 4.43. The summed E-state index contributed by atoms with van der Waals surface area (Å²) in [4.78, 5) is 15.9. The molecule has 2 N–H and O–H groups in total. The molecule has 132 valence electrons. The smallest absolute Gasteiger partial charge is 0.279 e. The van der Waals surface area contributed by atoms with Crippen molar-refractivity contribution in [3.63, 3.8) is 0 Å². The number of rotatable bonds is 5. The topological polar surface area (TPSA) is 46.0 Å².